The number of benzene rings is 2. The Labute approximate surface area is 131 Å². The zero-order chi connectivity index (χ0) is 15.4. The number of halogens is 1. The first-order valence-electron chi connectivity index (χ1n) is 7.47. The fourth-order valence-electron chi connectivity index (χ4n) is 3.15. The molecule has 0 radical (unpaired) electrons. The van der Waals surface area contributed by atoms with Crippen LogP contribution in [0.4, 0.5) is 5.69 Å². The van der Waals surface area contributed by atoms with E-state index in [4.69, 9.17) is 11.6 Å². The van der Waals surface area contributed by atoms with Crippen molar-refractivity contribution in [2.75, 3.05) is 11.9 Å². The molecule has 0 fully saturated rings. The summed E-state index contributed by atoms with van der Waals surface area (Å²) in [6.45, 7) is 9.49. The van der Waals surface area contributed by atoms with E-state index in [2.05, 4.69) is 38.2 Å². The Bertz CT molecular complexity index is 700. The molecular weight excluding hydrogens is 282 g/mol. The van der Waals surface area contributed by atoms with Crippen molar-refractivity contribution in [1.82, 2.24) is 0 Å². The lowest BCUT2D eigenvalue weighted by Gasteiger charge is -2.21. The highest BCUT2D eigenvalue weighted by atomic mass is 35.5. The van der Waals surface area contributed by atoms with Crippen LogP contribution in [0.1, 0.15) is 44.7 Å². The van der Waals surface area contributed by atoms with Crippen molar-refractivity contribution in [2.24, 2.45) is 0 Å². The van der Waals surface area contributed by atoms with E-state index in [1.165, 1.54) is 11.1 Å². The quantitative estimate of drug-likeness (QED) is 0.728. The summed E-state index contributed by atoms with van der Waals surface area (Å²) in [5.74, 6) is 0.611. The van der Waals surface area contributed by atoms with Gasteiger partial charge in [-0.3, -0.25) is 0 Å². The molecule has 0 aliphatic carbocycles. The molecule has 2 aromatic carbocycles. The van der Waals surface area contributed by atoms with Crippen molar-refractivity contribution >= 4 is 28.1 Å². The van der Waals surface area contributed by atoms with E-state index in [1.54, 1.807) is 0 Å². The van der Waals surface area contributed by atoms with Gasteiger partial charge >= 0.3 is 0 Å². The number of hydrogen-bond donors (Lipinski definition) is 2. The molecule has 0 saturated carbocycles. The smallest absolute Gasteiger partial charge is 0.125 e. The fourth-order valence-corrected chi connectivity index (χ4v) is 3.37. The lowest BCUT2D eigenvalue weighted by molar-refractivity contribution is 0.482. The molecule has 0 bridgehead atoms. The first kappa shape index (κ1) is 14.5. The molecule has 2 atom stereocenters. The minimum absolute atomic E-state index is 0.0600. The van der Waals surface area contributed by atoms with Crippen molar-refractivity contribution in [2.45, 2.75) is 44.4 Å². The predicted octanol–water partition coefficient (Wildman–Crippen LogP) is 4.98. The Balaban J connectivity index is 2.32. The first-order valence-corrected chi connectivity index (χ1v) is 7.90. The molecule has 3 rings (SSSR count). The van der Waals surface area contributed by atoms with Crippen molar-refractivity contribution in [3.8, 4) is 5.75 Å². The highest BCUT2D eigenvalue weighted by Gasteiger charge is 2.29. The third kappa shape index (κ3) is 2.36. The van der Waals surface area contributed by atoms with E-state index in [0.717, 1.165) is 23.0 Å². The van der Waals surface area contributed by atoms with Crippen LogP contribution in [0.2, 0.25) is 0 Å². The largest absolute Gasteiger partial charge is 0.507 e. The molecule has 3 heteroatoms. The molecule has 112 valence electrons. The van der Waals surface area contributed by atoms with Gasteiger partial charge in [0, 0.05) is 35.0 Å². The molecule has 1 heterocycles. The third-order valence-electron chi connectivity index (χ3n) is 4.46. The second-order valence-electron chi connectivity index (χ2n) is 7.03. The van der Waals surface area contributed by atoms with Gasteiger partial charge in [0.15, 0.2) is 0 Å². The molecule has 21 heavy (non-hydrogen) atoms. The number of fused-ring (bicyclic) bond motifs is 3. The normalized spacial score (nSPS) is 19.4. The van der Waals surface area contributed by atoms with E-state index in [0.29, 0.717) is 5.75 Å². The first-order chi connectivity index (χ1) is 9.79. The topological polar surface area (TPSA) is 32.3 Å². The summed E-state index contributed by atoms with van der Waals surface area (Å²) in [5, 5.41) is 15.8. The van der Waals surface area contributed by atoms with Gasteiger partial charge in [-0.25, -0.2) is 0 Å². The molecule has 1 aliphatic rings. The lowest BCUT2D eigenvalue weighted by atomic mass is 9.84. The minimum Gasteiger partial charge on any atom is -0.507 e. The van der Waals surface area contributed by atoms with Crippen LogP contribution in [-0.2, 0) is 5.41 Å². The van der Waals surface area contributed by atoms with Gasteiger partial charge in [-0.05, 0) is 28.9 Å². The fraction of sp³-hybridized carbons (Fsp3) is 0.444. The van der Waals surface area contributed by atoms with Gasteiger partial charge < -0.3 is 10.4 Å². The van der Waals surface area contributed by atoms with Crippen LogP contribution in [0.15, 0.2) is 24.3 Å². The highest BCUT2D eigenvalue weighted by Crippen LogP contribution is 2.44. The van der Waals surface area contributed by atoms with Crippen LogP contribution in [0.25, 0.3) is 10.8 Å². The molecule has 2 nitrogen and oxygen atoms in total. The maximum atomic E-state index is 10.3. The van der Waals surface area contributed by atoms with Crippen LogP contribution in [0, 0.1) is 0 Å². The van der Waals surface area contributed by atoms with Gasteiger partial charge in [0.05, 0.1) is 0 Å². The standard InChI is InChI=1S/C18H22ClNO/c1-10(19)14-9-20-15-8-16(21)12-6-5-11(18(2,3)4)7-13(12)17(14)15/h5-8,10,14,20-21H,9H2,1-4H3. The molecule has 0 saturated heterocycles. The van der Waals surface area contributed by atoms with Crippen LogP contribution in [-0.4, -0.2) is 17.0 Å². The number of anilines is 1. The molecule has 0 amide bonds. The Kier molecular flexibility index (Phi) is 3.32. The highest BCUT2D eigenvalue weighted by molar-refractivity contribution is 6.21. The number of aromatic hydroxyl groups is 1. The zero-order valence-electron chi connectivity index (χ0n) is 13.0. The second kappa shape index (κ2) is 4.81. The van der Waals surface area contributed by atoms with E-state index in [-0.39, 0.29) is 16.7 Å². The summed E-state index contributed by atoms with van der Waals surface area (Å²) < 4.78 is 0. The summed E-state index contributed by atoms with van der Waals surface area (Å²) in [7, 11) is 0. The number of nitrogens with one attached hydrogen (secondary N) is 1. The lowest BCUT2D eigenvalue weighted by Crippen LogP contribution is -2.13. The van der Waals surface area contributed by atoms with Crippen LogP contribution >= 0.6 is 11.6 Å². The van der Waals surface area contributed by atoms with Crippen molar-refractivity contribution in [1.29, 1.82) is 0 Å². The molecule has 2 N–H and O–H groups in total. The Hall–Kier alpha value is -1.41. The minimum atomic E-state index is 0.0600. The van der Waals surface area contributed by atoms with E-state index in [9.17, 15) is 5.11 Å². The number of phenolic OH excluding ortho intramolecular Hbond substituents is 1. The molecule has 0 spiro atoms. The third-order valence-corrected chi connectivity index (χ3v) is 4.76. The number of rotatable bonds is 1. The second-order valence-corrected chi connectivity index (χ2v) is 7.72. The molecule has 1 aliphatic heterocycles. The van der Waals surface area contributed by atoms with Crippen molar-refractivity contribution in [3.63, 3.8) is 0 Å². The van der Waals surface area contributed by atoms with Crippen LogP contribution in [0.3, 0.4) is 0 Å². The predicted molar refractivity (Wildman–Crippen MR) is 90.9 cm³/mol. The van der Waals surface area contributed by atoms with Gasteiger partial charge in [-0.1, -0.05) is 39.0 Å². The molecule has 2 unspecified atom stereocenters. The Morgan fingerprint density at radius 1 is 1.24 bits per heavy atom. The average molecular weight is 304 g/mol. The van der Waals surface area contributed by atoms with Gasteiger partial charge in [0.2, 0.25) is 0 Å². The van der Waals surface area contributed by atoms with Crippen LogP contribution in [0.5, 0.6) is 5.75 Å². The summed E-state index contributed by atoms with van der Waals surface area (Å²) in [6, 6.07) is 8.18. The van der Waals surface area contributed by atoms with Gasteiger partial charge in [0.1, 0.15) is 5.75 Å². The monoisotopic (exact) mass is 303 g/mol. The summed E-state index contributed by atoms with van der Waals surface area (Å²) in [5.41, 5.74) is 3.62. The van der Waals surface area contributed by atoms with Crippen LogP contribution < -0.4 is 5.32 Å². The van der Waals surface area contributed by atoms with Gasteiger partial charge in [-0.2, -0.15) is 0 Å². The Morgan fingerprint density at radius 3 is 2.57 bits per heavy atom. The van der Waals surface area contributed by atoms with Crippen molar-refractivity contribution in [3.05, 3.63) is 35.4 Å². The summed E-state index contributed by atoms with van der Waals surface area (Å²) in [6.07, 6.45) is 0. The Morgan fingerprint density at radius 2 is 1.95 bits per heavy atom. The molecular formula is C18H22ClNO. The summed E-state index contributed by atoms with van der Waals surface area (Å²) in [4.78, 5) is 0. The van der Waals surface area contributed by atoms with Gasteiger partial charge in [0.25, 0.3) is 0 Å². The maximum absolute atomic E-state index is 10.3. The van der Waals surface area contributed by atoms with E-state index in [1.807, 2.05) is 19.1 Å². The SMILES string of the molecule is CC(Cl)C1CNc2cc(O)c3ccc(C(C)(C)C)cc3c21. The number of alkyl halides is 1. The molecule has 2 aromatic rings. The summed E-state index contributed by atoms with van der Waals surface area (Å²) >= 11 is 6.38. The van der Waals surface area contributed by atoms with E-state index < -0.39 is 0 Å². The maximum Gasteiger partial charge on any atom is 0.125 e. The number of hydrogen-bond acceptors (Lipinski definition) is 2. The average Bonchev–Trinajstić information content (AvgIpc) is 2.81. The van der Waals surface area contributed by atoms with E-state index >= 15 is 0 Å². The van der Waals surface area contributed by atoms with Crippen molar-refractivity contribution < 1.29 is 5.11 Å². The molecule has 0 aromatic heterocycles. The van der Waals surface area contributed by atoms with Gasteiger partial charge in [-0.15, -0.1) is 11.6 Å². The number of phenols is 1. The zero-order valence-corrected chi connectivity index (χ0v) is 13.8.